The van der Waals surface area contributed by atoms with Crippen LogP contribution in [0, 0.1) is 19.8 Å². The number of rotatable bonds is 6. The van der Waals surface area contributed by atoms with Crippen molar-refractivity contribution in [3.8, 4) is 0 Å². The summed E-state index contributed by atoms with van der Waals surface area (Å²) in [6.07, 6.45) is 1.20. The highest BCUT2D eigenvalue weighted by Gasteiger charge is 2.25. The van der Waals surface area contributed by atoms with Crippen molar-refractivity contribution < 1.29 is 4.79 Å². The topological polar surface area (TPSA) is 69.3 Å². The first-order valence-corrected chi connectivity index (χ1v) is 9.49. The molecule has 0 aliphatic carbocycles. The third kappa shape index (κ3) is 5.04. The molecular formula is C21H28N4O2. The highest BCUT2D eigenvalue weighted by Crippen LogP contribution is 2.19. The van der Waals surface area contributed by atoms with Gasteiger partial charge in [0.15, 0.2) is 0 Å². The molecule has 2 aromatic rings. The van der Waals surface area contributed by atoms with Crippen LogP contribution in [0.25, 0.3) is 0 Å². The first-order valence-electron chi connectivity index (χ1n) is 9.49. The van der Waals surface area contributed by atoms with Crippen LogP contribution in [0.3, 0.4) is 0 Å². The van der Waals surface area contributed by atoms with E-state index in [4.69, 9.17) is 0 Å². The Bertz CT molecular complexity index is 847. The molecule has 6 nitrogen and oxygen atoms in total. The number of carbonyl (C=O) groups is 1. The number of hydrogen-bond donors (Lipinski definition) is 1. The van der Waals surface area contributed by atoms with Gasteiger partial charge in [0, 0.05) is 37.9 Å². The summed E-state index contributed by atoms with van der Waals surface area (Å²) in [5.41, 5.74) is 2.21. The number of amides is 1. The molecule has 0 saturated carbocycles. The molecule has 1 saturated heterocycles. The van der Waals surface area contributed by atoms with Crippen molar-refractivity contribution in [3.63, 3.8) is 0 Å². The van der Waals surface area contributed by atoms with Gasteiger partial charge in [0.2, 0.25) is 5.91 Å². The van der Waals surface area contributed by atoms with Crippen LogP contribution in [0.2, 0.25) is 0 Å². The van der Waals surface area contributed by atoms with Crippen LogP contribution < -0.4 is 5.56 Å². The third-order valence-electron chi connectivity index (χ3n) is 5.25. The monoisotopic (exact) mass is 368 g/mol. The molecule has 144 valence electrons. The van der Waals surface area contributed by atoms with Crippen LogP contribution >= 0.6 is 0 Å². The maximum Gasteiger partial charge on any atom is 0.254 e. The predicted molar refractivity (Wildman–Crippen MR) is 105 cm³/mol. The number of aromatic nitrogens is 2. The predicted octanol–water partition coefficient (Wildman–Crippen LogP) is 1.91. The molecule has 1 amide bonds. The number of aromatic amines is 1. The van der Waals surface area contributed by atoms with Crippen molar-refractivity contribution in [2.24, 2.45) is 5.92 Å². The van der Waals surface area contributed by atoms with E-state index in [9.17, 15) is 9.59 Å². The third-order valence-corrected chi connectivity index (χ3v) is 5.25. The van der Waals surface area contributed by atoms with E-state index >= 15 is 0 Å². The van der Waals surface area contributed by atoms with Crippen molar-refractivity contribution in [2.75, 3.05) is 26.7 Å². The minimum absolute atomic E-state index is 0.0317. The largest absolute Gasteiger partial charge is 0.345 e. The molecule has 6 heteroatoms. The molecule has 0 spiro atoms. The van der Waals surface area contributed by atoms with Crippen LogP contribution in [0.15, 0.2) is 35.1 Å². The minimum Gasteiger partial charge on any atom is -0.345 e. The van der Waals surface area contributed by atoms with Gasteiger partial charge in [-0.3, -0.25) is 14.5 Å². The molecule has 3 rings (SSSR count). The number of likely N-dealkylation sites (N-methyl/N-ethyl adjacent to an activating group) is 1. The van der Waals surface area contributed by atoms with Crippen molar-refractivity contribution in [1.29, 1.82) is 0 Å². The van der Waals surface area contributed by atoms with Crippen molar-refractivity contribution in [3.05, 3.63) is 63.3 Å². The second-order valence-corrected chi connectivity index (χ2v) is 7.54. The number of nitrogens with one attached hydrogen (secondary N) is 1. The standard InChI is InChI=1S/C21H28N4O2/c1-15-19(21(27)23-16(2)22-15)11-20(26)24(3)12-18-9-10-25(14-18)13-17-7-5-4-6-8-17/h4-8,18H,9-14H2,1-3H3,(H,22,23,27)/t18-/m1/s1. The summed E-state index contributed by atoms with van der Waals surface area (Å²) in [6, 6.07) is 10.5. The molecular weight excluding hydrogens is 340 g/mol. The van der Waals surface area contributed by atoms with Crippen molar-refractivity contribution >= 4 is 5.91 Å². The van der Waals surface area contributed by atoms with Crippen LogP contribution in [-0.4, -0.2) is 52.4 Å². The van der Waals surface area contributed by atoms with Gasteiger partial charge in [-0.05, 0) is 38.3 Å². The summed E-state index contributed by atoms with van der Waals surface area (Å²) in [6.45, 7) is 7.26. The van der Waals surface area contributed by atoms with Crippen molar-refractivity contribution in [2.45, 2.75) is 33.2 Å². The van der Waals surface area contributed by atoms with Gasteiger partial charge in [-0.25, -0.2) is 4.98 Å². The van der Waals surface area contributed by atoms with Gasteiger partial charge < -0.3 is 9.88 Å². The summed E-state index contributed by atoms with van der Waals surface area (Å²) in [5, 5.41) is 0. The molecule has 1 aromatic heterocycles. The fraction of sp³-hybridized carbons (Fsp3) is 0.476. The molecule has 0 unspecified atom stereocenters. The van der Waals surface area contributed by atoms with Gasteiger partial charge in [0.1, 0.15) is 5.82 Å². The van der Waals surface area contributed by atoms with Crippen LogP contribution in [-0.2, 0) is 17.8 Å². The van der Waals surface area contributed by atoms with Gasteiger partial charge in [-0.2, -0.15) is 0 Å². The van der Waals surface area contributed by atoms with E-state index in [1.807, 2.05) is 13.1 Å². The average molecular weight is 368 g/mol. The van der Waals surface area contributed by atoms with E-state index in [-0.39, 0.29) is 17.9 Å². The van der Waals surface area contributed by atoms with Crippen LogP contribution in [0.4, 0.5) is 0 Å². The van der Waals surface area contributed by atoms with Gasteiger partial charge in [0.25, 0.3) is 5.56 Å². The zero-order chi connectivity index (χ0) is 19.4. The van der Waals surface area contributed by atoms with E-state index in [0.29, 0.717) is 23.0 Å². The second kappa shape index (κ2) is 8.48. The maximum atomic E-state index is 12.6. The fourth-order valence-electron chi connectivity index (χ4n) is 3.78. The molecule has 1 aliphatic heterocycles. The van der Waals surface area contributed by atoms with E-state index in [1.165, 1.54) is 5.56 Å². The summed E-state index contributed by atoms with van der Waals surface area (Å²) in [5.74, 6) is 1.01. The molecule has 0 bridgehead atoms. The molecule has 1 aromatic carbocycles. The SMILES string of the molecule is Cc1nc(C)c(CC(=O)N(C)C[C@H]2CCN(Cc3ccccc3)C2)c(=O)[nH]1. The highest BCUT2D eigenvalue weighted by atomic mass is 16.2. The van der Waals surface area contributed by atoms with Gasteiger partial charge in [0.05, 0.1) is 6.42 Å². The Morgan fingerprint density at radius 3 is 2.74 bits per heavy atom. The van der Waals surface area contributed by atoms with Crippen molar-refractivity contribution in [1.82, 2.24) is 19.8 Å². The number of hydrogen-bond acceptors (Lipinski definition) is 4. The van der Waals surface area contributed by atoms with Crippen LogP contribution in [0.5, 0.6) is 0 Å². The van der Waals surface area contributed by atoms with Gasteiger partial charge >= 0.3 is 0 Å². The number of aryl methyl sites for hydroxylation is 2. The molecule has 1 aliphatic rings. The Labute approximate surface area is 160 Å². The number of likely N-dealkylation sites (tertiary alicyclic amines) is 1. The Kier molecular flexibility index (Phi) is 6.06. The molecule has 0 radical (unpaired) electrons. The lowest BCUT2D eigenvalue weighted by Crippen LogP contribution is -2.35. The smallest absolute Gasteiger partial charge is 0.254 e. The van der Waals surface area contributed by atoms with Crippen LogP contribution in [0.1, 0.15) is 29.1 Å². The van der Waals surface area contributed by atoms with E-state index < -0.39 is 0 Å². The number of carbonyl (C=O) groups excluding carboxylic acids is 1. The maximum absolute atomic E-state index is 12.6. The van der Waals surface area contributed by atoms with Gasteiger partial charge in [-0.15, -0.1) is 0 Å². The first-order chi connectivity index (χ1) is 12.9. The first kappa shape index (κ1) is 19.3. The molecule has 1 N–H and O–H groups in total. The summed E-state index contributed by atoms with van der Waals surface area (Å²) < 4.78 is 0. The molecule has 1 fully saturated rings. The van der Waals surface area contributed by atoms with E-state index in [0.717, 1.165) is 32.6 Å². The zero-order valence-electron chi connectivity index (χ0n) is 16.4. The Hall–Kier alpha value is -2.47. The minimum atomic E-state index is -0.211. The number of benzene rings is 1. The summed E-state index contributed by atoms with van der Waals surface area (Å²) in [7, 11) is 1.83. The Morgan fingerprint density at radius 1 is 1.30 bits per heavy atom. The lowest BCUT2D eigenvalue weighted by Gasteiger charge is -2.22. The normalized spacial score (nSPS) is 17.2. The number of H-pyrrole nitrogens is 1. The molecule has 2 heterocycles. The fourth-order valence-corrected chi connectivity index (χ4v) is 3.78. The summed E-state index contributed by atoms with van der Waals surface area (Å²) in [4.78, 5) is 35.9. The lowest BCUT2D eigenvalue weighted by molar-refractivity contribution is -0.129. The number of nitrogens with zero attached hydrogens (tertiary/aromatic N) is 3. The zero-order valence-corrected chi connectivity index (χ0v) is 16.4. The Morgan fingerprint density at radius 2 is 2.04 bits per heavy atom. The molecule has 1 atom stereocenters. The molecule has 27 heavy (non-hydrogen) atoms. The lowest BCUT2D eigenvalue weighted by atomic mass is 10.1. The van der Waals surface area contributed by atoms with Gasteiger partial charge in [-0.1, -0.05) is 30.3 Å². The highest BCUT2D eigenvalue weighted by molar-refractivity contribution is 5.78. The van der Waals surface area contributed by atoms with E-state index in [1.54, 1.807) is 18.7 Å². The second-order valence-electron chi connectivity index (χ2n) is 7.54. The summed E-state index contributed by atoms with van der Waals surface area (Å²) >= 11 is 0. The van der Waals surface area contributed by atoms with E-state index in [2.05, 4.69) is 39.1 Å². The average Bonchev–Trinajstić information content (AvgIpc) is 3.05. The Balaban J connectivity index is 1.52. The quantitative estimate of drug-likeness (QED) is 0.846.